The van der Waals surface area contributed by atoms with Crippen molar-refractivity contribution in [2.24, 2.45) is 10.9 Å². The maximum absolute atomic E-state index is 5.49. The van der Waals surface area contributed by atoms with E-state index in [9.17, 15) is 0 Å². The highest BCUT2D eigenvalue weighted by Crippen LogP contribution is 2.27. The monoisotopic (exact) mass is 353 g/mol. The molecule has 1 saturated heterocycles. The van der Waals surface area contributed by atoms with E-state index in [0.717, 1.165) is 57.9 Å². The zero-order valence-electron chi connectivity index (χ0n) is 16.9. The summed E-state index contributed by atoms with van der Waals surface area (Å²) in [5, 5.41) is 7.02. The van der Waals surface area contributed by atoms with Gasteiger partial charge in [0, 0.05) is 57.9 Å². The summed E-state index contributed by atoms with van der Waals surface area (Å²) >= 11 is 0. The Morgan fingerprint density at radius 3 is 2.36 bits per heavy atom. The maximum atomic E-state index is 5.49. The fourth-order valence-electron chi connectivity index (χ4n) is 3.69. The highest BCUT2D eigenvalue weighted by Gasteiger charge is 2.30. The third kappa shape index (κ3) is 6.76. The number of nitrogens with zero attached hydrogens (tertiary/aromatic N) is 3. The van der Waals surface area contributed by atoms with Crippen LogP contribution in [-0.4, -0.2) is 86.9 Å². The van der Waals surface area contributed by atoms with Gasteiger partial charge in [-0.2, -0.15) is 0 Å². The van der Waals surface area contributed by atoms with Gasteiger partial charge in [0.2, 0.25) is 0 Å². The largest absolute Gasteiger partial charge is 0.379 e. The molecule has 1 saturated carbocycles. The van der Waals surface area contributed by atoms with Gasteiger partial charge in [-0.15, -0.1) is 0 Å². The molecule has 0 spiro atoms. The summed E-state index contributed by atoms with van der Waals surface area (Å²) in [5.41, 5.74) is 0. The number of hydrogen-bond acceptors (Lipinski definition) is 4. The van der Waals surface area contributed by atoms with Crippen molar-refractivity contribution in [1.29, 1.82) is 0 Å². The molecule has 0 aromatic rings. The van der Waals surface area contributed by atoms with Gasteiger partial charge < -0.3 is 15.4 Å². The first-order valence-corrected chi connectivity index (χ1v) is 10.0. The second-order valence-corrected chi connectivity index (χ2v) is 7.90. The molecule has 2 aliphatic rings. The number of ether oxygens (including phenoxy) is 1. The Hall–Kier alpha value is -0.850. The number of aliphatic imine (C=N–C) groups is 1. The van der Waals surface area contributed by atoms with Gasteiger partial charge in [0.15, 0.2) is 5.96 Å². The molecule has 1 aliphatic carbocycles. The van der Waals surface area contributed by atoms with Crippen LogP contribution in [0.2, 0.25) is 0 Å². The normalized spacial score (nSPS) is 21.2. The smallest absolute Gasteiger partial charge is 0.191 e. The Labute approximate surface area is 154 Å². The average molecular weight is 354 g/mol. The van der Waals surface area contributed by atoms with Crippen LogP contribution in [0.25, 0.3) is 0 Å². The molecule has 1 heterocycles. The Morgan fingerprint density at radius 2 is 1.84 bits per heavy atom. The van der Waals surface area contributed by atoms with Gasteiger partial charge in [0.05, 0.1) is 13.2 Å². The van der Waals surface area contributed by atoms with Gasteiger partial charge >= 0.3 is 0 Å². The van der Waals surface area contributed by atoms with Gasteiger partial charge in [0.25, 0.3) is 0 Å². The molecule has 1 aliphatic heterocycles. The van der Waals surface area contributed by atoms with Crippen molar-refractivity contribution in [3.05, 3.63) is 0 Å². The lowest BCUT2D eigenvalue weighted by atomic mass is 10.0. The lowest BCUT2D eigenvalue weighted by Crippen LogP contribution is -2.53. The van der Waals surface area contributed by atoms with Gasteiger partial charge in [-0.3, -0.25) is 14.8 Å². The molecular weight excluding hydrogens is 314 g/mol. The van der Waals surface area contributed by atoms with Gasteiger partial charge in [-0.1, -0.05) is 13.8 Å². The standard InChI is InChI=1S/C19H39N5O/c1-15(2)18(23-10-12-25-13-11-23)14-22-19(20-5)21-8-9-24(16(3)4)17-6-7-17/h15-18H,6-14H2,1-5H3,(H2,20,21,22). The minimum Gasteiger partial charge on any atom is -0.379 e. The Kier molecular flexibility index (Phi) is 8.46. The van der Waals surface area contributed by atoms with Crippen LogP contribution in [-0.2, 0) is 4.74 Å². The maximum Gasteiger partial charge on any atom is 0.191 e. The molecule has 6 nitrogen and oxygen atoms in total. The molecule has 0 aromatic carbocycles. The fourth-order valence-corrected chi connectivity index (χ4v) is 3.69. The van der Waals surface area contributed by atoms with Crippen LogP contribution < -0.4 is 10.6 Å². The van der Waals surface area contributed by atoms with Crippen LogP contribution in [0.1, 0.15) is 40.5 Å². The summed E-state index contributed by atoms with van der Waals surface area (Å²) in [6, 6.07) is 1.94. The molecular formula is C19H39N5O. The Balaban J connectivity index is 1.74. The number of hydrogen-bond donors (Lipinski definition) is 2. The summed E-state index contributed by atoms with van der Waals surface area (Å²) in [6.45, 7) is 15.9. The quantitative estimate of drug-likeness (QED) is 0.484. The number of rotatable bonds is 9. The zero-order chi connectivity index (χ0) is 18.2. The van der Waals surface area contributed by atoms with E-state index in [2.05, 4.69) is 53.1 Å². The molecule has 2 rings (SSSR count). The van der Waals surface area contributed by atoms with Crippen LogP contribution in [0.15, 0.2) is 4.99 Å². The first kappa shape index (κ1) is 20.5. The predicted octanol–water partition coefficient (Wildman–Crippen LogP) is 1.38. The number of morpholine rings is 1. The predicted molar refractivity (Wildman–Crippen MR) is 105 cm³/mol. The second kappa shape index (κ2) is 10.3. The summed E-state index contributed by atoms with van der Waals surface area (Å²) < 4.78 is 5.49. The molecule has 0 amide bonds. The highest BCUT2D eigenvalue weighted by molar-refractivity contribution is 5.79. The van der Waals surface area contributed by atoms with E-state index in [0.29, 0.717) is 18.0 Å². The van der Waals surface area contributed by atoms with Crippen LogP contribution in [0.4, 0.5) is 0 Å². The third-order valence-electron chi connectivity index (χ3n) is 5.33. The van der Waals surface area contributed by atoms with Crippen molar-refractivity contribution < 1.29 is 4.74 Å². The van der Waals surface area contributed by atoms with E-state index < -0.39 is 0 Å². The summed E-state index contributed by atoms with van der Waals surface area (Å²) in [6.07, 6.45) is 2.72. The topological polar surface area (TPSA) is 52.1 Å². The molecule has 1 unspecified atom stereocenters. The van der Waals surface area contributed by atoms with Crippen molar-refractivity contribution >= 4 is 5.96 Å². The number of guanidine groups is 1. The lowest BCUT2D eigenvalue weighted by Gasteiger charge is -2.37. The van der Waals surface area contributed by atoms with Gasteiger partial charge in [-0.05, 0) is 32.6 Å². The molecule has 1 atom stereocenters. The Morgan fingerprint density at radius 1 is 1.16 bits per heavy atom. The van der Waals surface area contributed by atoms with E-state index in [1.807, 2.05) is 7.05 Å². The summed E-state index contributed by atoms with van der Waals surface area (Å²) in [5.74, 6) is 1.52. The van der Waals surface area contributed by atoms with E-state index >= 15 is 0 Å². The molecule has 25 heavy (non-hydrogen) atoms. The molecule has 0 aromatic heterocycles. The van der Waals surface area contributed by atoms with E-state index in [1.165, 1.54) is 12.8 Å². The van der Waals surface area contributed by atoms with Crippen molar-refractivity contribution in [3.63, 3.8) is 0 Å². The summed E-state index contributed by atoms with van der Waals surface area (Å²) in [7, 11) is 1.86. The van der Waals surface area contributed by atoms with E-state index in [1.54, 1.807) is 0 Å². The van der Waals surface area contributed by atoms with Crippen LogP contribution >= 0.6 is 0 Å². The SMILES string of the molecule is CN=C(NCCN(C(C)C)C1CC1)NCC(C(C)C)N1CCOCC1. The van der Waals surface area contributed by atoms with Crippen molar-refractivity contribution in [1.82, 2.24) is 20.4 Å². The van der Waals surface area contributed by atoms with E-state index in [-0.39, 0.29) is 0 Å². The Bertz CT molecular complexity index is 401. The molecule has 2 fully saturated rings. The second-order valence-electron chi connectivity index (χ2n) is 7.90. The molecule has 0 radical (unpaired) electrons. The van der Waals surface area contributed by atoms with Crippen molar-refractivity contribution in [2.45, 2.75) is 58.7 Å². The van der Waals surface area contributed by atoms with Crippen molar-refractivity contribution in [3.8, 4) is 0 Å². The van der Waals surface area contributed by atoms with Gasteiger partial charge in [-0.25, -0.2) is 0 Å². The minimum absolute atomic E-state index is 0.515. The minimum atomic E-state index is 0.515. The van der Waals surface area contributed by atoms with Crippen LogP contribution in [0.3, 0.4) is 0 Å². The summed E-state index contributed by atoms with van der Waals surface area (Å²) in [4.78, 5) is 9.55. The zero-order valence-corrected chi connectivity index (χ0v) is 16.9. The highest BCUT2D eigenvalue weighted by atomic mass is 16.5. The fraction of sp³-hybridized carbons (Fsp3) is 0.947. The third-order valence-corrected chi connectivity index (χ3v) is 5.33. The number of nitrogens with one attached hydrogen (secondary N) is 2. The van der Waals surface area contributed by atoms with Crippen LogP contribution in [0, 0.1) is 5.92 Å². The average Bonchev–Trinajstić information content (AvgIpc) is 3.42. The van der Waals surface area contributed by atoms with Crippen molar-refractivity contribution in [2.75, 3.05) is 53.0 Å². The van der Waals surface area contributed by atoms with E-state index in [4.69, 9.17) is 4.74 Å². The first-order valence-electron chi connectivity index (χ1n) is 10.0. The first-order chi connectivity index (χ1) is 12.0. The molecule has 146 valence electrons. The van der Waals surface area contributed by atoms with Crippen LogP contribution in [0.5, 0.6) is 0 Å². The lowest BCUT2D eigenvalue weighted by molar-refractivity contribution is 0.00752. The van der Waals surface area contributed by atoms with Gasteiger partial charge in [0.1, 0.15) is 0 Å². The molecule has 2 N–H and O–H groups in total. The molecule has 0 bridgehead atoms. The molecule has 6 heteroatoms.